The zero-order chi connectivity index (χ0) is 22.8. The largest absolute Gasteiger partial charge is 0.493 e. The third-order valence-corrected chi connectivity index (χ3v) is 5.67. The van der Waals surface area contributed by atoms with E-state index in [4.69, 9.17) is 9.84 Å². The fraction of sp³-hybridized carbons (Fsp3) is 0.240. The fourth-order valence-electron chi connectivity index (χ4n) is 4.20. The zero-order valence-corrected chi connectivity index (χ0v) is 18.5. The van der Waals surface area contributed by atoms with Crippen LogP contribution in [0.15, 0.2) is 60.8 Å². The standard InChI is InChI=1S/C25H24N6O2/c1-3-13-33-21-12-8-7-11-18(21)19-14-22(32)28-24-23(19)16(2)30-31(24)25-27-20(15-26-29-25)17-9-5-4-6-10-17/h4-12,15,19H,3,13-14H2,1-2H3,(H,28,32)/t19-/m1/s1. The molecule has 0 fully saturated rings. The van der Waals surface area contributed by atoms with Gasteiger partial charge < -0.3 is 10.1 Å². The van der Waals surface area contributed by atoms with E-state index in [1.165, 1.54) is 0 Å². The number of carbonyl (C=O) groups excluding carboxylic acids is 1. The number of fused-ring (bicyclic) bond motifs is 1. The summed E-state index contributed by atoms with van der Waals surface area (Å²) in [6.07, 6.45) is 2.84. The highest BCUT2D eigenvalue weighted by molar-refractivity contribution is 5.95. The summed E-state index contributed by atoms with van der Waals surface area (Å²) in [5.74, 6) is 1.40. The number of anilines is 1. The molecule has 2 aromatic carbocycles. The molecule has 1 atom stereocenters. The number of aromatic nitrogens is 5. The summed E-state index contributed by atoms with van der Waals surface area (Å²) < 4.78 is 7.57. The van der Waals surface area contributed by atoms with Gasteiger partial charge in [-0.05, 0) is 19.4 Å². The molecule has 8 heteroatoms. The van der Waals surface area contributed by atoms with E-state index in [9.17, 15) is 4.79 Å². The number of aryl methyl sites for hydroxylation is 1. The lowest BCUT2D eigenvalue weighted by atomic mass is 9.85. The predicted octanol–water partition coefficient (Wildman–Crippen LogP) is 4.30. The normalized spacial score (nSPS) is 15.1. The Morgan fingerprint density at radius 1 is 1.12 bits per heavy atom. The fourth-order valence-corrected chi connectivity index (χ4v) is 4.20. The molecule has 1 aliphatic heterocycles. The van der Waals surface area contributed by atoms with Gasteiger partial charge in [-0.2, -0.15) is 14.9 Å². The number of ether oxygens (including phenoxy) is 1. The van der Waals surface area contributed by atoms with Crippen LogP contribution in [0.4, 0.5) is 5.82 Å². The molecule has 0 aliphatic carbocycles. The molecule has 2 aromatic heterocycles. The van der Waals surface area contributed by atoms with Crippen LogP contribution in [0.2, 0.25) is 0 Å². The number of para-hydroxylation sites is 1. The van der Waals surface area contributed by atoms with Crippen molar-refractivity contribution in [2.24, 2.45) is 0 Å². The van der Waals surface area contributed by atoms with Crippen LogP contribution in [-0.4, -0.2) is 37.5 Å². The number of nitrogens with zero attached hydrogens (tertiary/aromatic N) is 5. The average molecular weight is 441 g/mol. The van der Waals surface area contributed by atoms with Gasteiger partial charge in [0.05, 0.1) is 24.2 Å². The van der Waals surface area contributed by atoms with Gasteiger partial charge in [-0.1, -0.05) is 55.5 Å². The summed E-state index contributed by atoms with van der Waals surface area (Å²) in [7, 11) is 0. The minimum atomic E-state index is -0.180. The van der Waals surface area contributed by atoms with Gasteiger partial charge in [0, 0.05) is 29.0 Å². The van der Waals surface area contributed by atoms with Crippen LogP contribution in [0, 0.1) is 6.92 Å². The molecule has 1 N–H and O–H groups in total. The van der Waals surface area contributed by atoms with E-state index in [1.807, 2.05) is 61.5 Å². The molecule has 1 amide bonds. The number of amides is 1. The van der Waals surface area contributed by atoms with E-state index < -0.39 is 0 Å². The van der Waals surface area contributed by atoms with Crippen LogP contribution in [0.1, 0.15) is 42.5 Å². The summed E-state index contributed by atoms with van der Waals surface area (Å²) in [5.41, 5.74) is 4.32. The lowest BCUT2D eigenvalue weighted by molar-refractivity contribution is -0.116. The average Bonchev–Trinajstić information content (AvgIpc) is 3.19. The first kappa shape index (κ1) is 20.8. The minimum absolute atomic E-state index is 0.0916. The van der Waals surface area contributed by atoms with Crippen LogP contribution in [-0.2, 0) is 4.79 Å². The van der Waals surface area contributed by atoms with Gasteiger partial charge in [-0.25, -0.2) is 4.98 Å². The predicted molar refractivity (Wildman–Crippen MR) is 124 cm³/mol. The molecule has 0 bridgehead atoms. The Morgan fingerprint density at radius 2 is 1.91 bits per heavy atom. The Kier molecular flexibility index (Phi) is 5.56. The van der Waals surface area contributed by atoms with Crippen LogP contribution in [0.3, 0.4) is 0 Å². The van der Waals surface area contributed by atoms with Gasteiger partial charge in [0.15, 0.2) is 0 Å². The van der Waals surface area contributed by atoms with E-state index in [1.54, 1.807) is 10.9 Å². The van der Waals surface area contributed by atoms with Gasteiger partial charge in [0.2, 0.25) is 5.91 Å². The topological polar surface area (TPSA) is 94.8 Å². The summed E-state index contributed by atoms with van der Waals surface area (Å²) in [6.45, 7) is 4.62. The Morgan fingerprint density at radius 3 is 2.73 bits per heavy atom. The van der Waals surface area contributed by atoms with Gasteiger partial charge in [0.25, 0.3) is 5.95 Å². The molecule has 0 unspecified atom stereocenters. The minimum Gasteiger partial charge on any atom is -0.493 e. The molecule has 3 heterocycles. The SMILES string of the molecule is CCCOc1ccccc1[C@H]1CC(=O)Nc2c1c(C)nn2-c1nncc(-c2ccccc2)n1. The molecule has 0 radical (unpaired) electrons. The lowest BCUT2D eigenvalue weighted by Gasteiger charge is -2.25. The highest BCUT2D eigenvalue weighted by atomic mass is 16.5. The summed E-state index contributed by atoms with van der Waals surface area (Å²) >= 11 is 0. The summed E-state index contributed by atoms with van der Waals surface area (Å²) in [5, 5.41) is 16.0. The maximum atomic E-state index is 12.8. The number of rotatable bonds is 6. The smallest absolute Gasteiger partial charge is 0.272 e. The van der Waals surface area contributed by atoms with Gasteiger partial charge in [0.1, 0.15) is 11.6 Å². The molecule has 33 heavy (non-hydrogen) atoms. The van der Waals surface area contributed by atoms with Crippen LogP contribution in [0.5, 0.6) is 5.75 Å². The summed E-state index contributed by atoms with van der Waals surface area (Å²) in [4.78, 5) is 17.4. The van der Waals surface area contributed by atoms with E-state index in [0.29, 0.717) is 30.5 Å². The molecule has 1 aliphatic rings. The van der Waals surface area contributed by atoms with Crippen molar-refractivity contribution < 1.29 is 9.53 Å². The second kappa shape index (κ2) is 8.82. The van der Waals surface area contributed by atoms with Crippen molar-refractivity contribution in [2.45, 2.75) is 32.6 Å². The second-order valence-corrected chi connectivity index (χ2v) is 7.96. The molecule has 0 spiro atoms. The van der Waals surface area contributed by atoms with Crippen molar-refractivity contribution in [2.75, 3.05) is 11.9 Å². The number of nitrogens with one attached hydrogen (secondary N) is 1. The maximum absolute atomic E-state index is 12.8. The number of hydrogen-bond donors (Lipinski definition) is 1. The second-order valence-electron chi connectivity index (χ2n) is 7.96. The Labute approximate surface area is 191 Å². The van der Waals surface area contributed by atoms with Crippen molar-refractivity contribution in [3.8, 4) is 23.0 Å². The van der Waals surface area contributed by atoms with Crippen molar-refractivity contribution in [3.05, 3.63) is 77.6 Å². The highest BCUT2D eigenvalue weighted by Gasteiger charge is 2.34. The van der Waals surface area contributed by atoms with E-state index >= 15 is 0 Å². The lowest BCUT2D eigenvalue weighted by Crippen LogP contribution is -2.25. The molecule has 0 saturated carbocycles. The van der Waals surface area contributed by atoms with Gasteiger partial charge in [-0.3, -0.25) is 4.79 Å². The number of benzene rings is 2. The molecule has 8 nitrogen and oxygen atoms in total. The van der Waals surface area contributed by atoms with E-state index in [0.717, 1.165) is 34.6 Å². The molecule has 4 aromatic rings. The molecular weight excluding hydrogens is 416 g/mol. The van der Waals surface area contributed by atoms with Crippen molar-refractivity contribution in [1.29, 1.82) is 0 Å². The third kappa shape index (κ3) is 3.95. The van der Waals surface area contributed by atoms with E-state index in [-0.39, 0.29) is 11.8 Å². The number of carbonyl (C=O) groups is 1. The van der Waals surface area contributed by atoms with Crippen molar-refractivity contribution in [3.63, 3.8) is 0 Å². The Bertz CT molecular complexity index is 1300. The summed E-state index contributed by atoms with van der Waals surface area (Å²) in [6, 6.07) is 17.6. The zero-order valence-electron chi connectivity index (χ0n) is 18.5. The first-order chi connectivity index (χ1) is 16.2. The Balaban J connectivity index is 1.60. The Hall–Kier alpha value is -4.07. The molecular formula is C25H24N6O2. The molecule has 5 rings (SSSR count). The molecule has 0 saturated heterocycles. The third-order valence-electron chi connectivity index (χ3n) is 5.67. The van der Waals surface area contributed by atoms with Crippen LogP contribution < -0.4 is 10.1 Å². The monoisotopic (exact) mass is 440 g/mol. The van der Waals surface area contributed by atoms with Gasteiger partial charge >= 0.3 is 0 Å². The van der Waals surface area contributed by atoms with Crippen molar-refractivity contribution >= 4 is 11.7 Å². The van der Waals surface area contributed by atoms with Crippen LogP contribution in [0.25, 0.3) is 17.2 Å². The first-order valence-electron chi connectivity index (χ1n) is 11.0. The first-order valence-corrected chi connectivity index (χ1v) is 11.0. The van der Waals surface area contributed by atoms with Crippen molar-refractivity contribution in [1.82, 2.24) is 25.0 Å². The maximum Gasteiger partial charge on any atom is 0.272 e. The molecule has 166 valence electrons. The van der Waals surface area contributed by atoms with E-state index in [2.05, 4.69) is 27.4 Å². The van der Waals surface area contributed by atoms with Gasteiger partial charge in [-0.15, -0.1) is 5.10 Å². The highest BCUT2D eigenvalue weighted by Crippen LogP contribution is 2.42. The quantitative estimate of drug-likeness (QED) is 0.480. The number of hydrogen-bond acceptors (Lipinski definition) is 6. The van der Waals surface area contributed by atoms with Crippen LogP contribution >= 0.6 is 0 Å².